The molecule has 0 aliphatic heterocycles. The van der Waals surface area contributed by atoms with Gasteiger partial charge in [0.05, 0.1) is 6.20 Å². The SMILES string of the molecule is O=C(N[C@@H]1C=C[C@H](CO)C1)c1cnc(-c2ccsc2)s1. The van der Waals surface area contributed by atoms with Gasteiger partial charge in [-0.2, -0.15) is 11.3 Å². The summed E-state index contributed by atoms with van der Waals surface area (Å²) < 4.78 is 0. The second kappa shape index (κ2) is 5.87. The summed E-state index contributed by atoms with van der Waals surface area (Å²) in [6.07, 6.45) is 6.28. The van der Waals surface area contributed by atoms with Crippen LogP contribution in [0.2, 0.25) is 0 Å². The standard InChI is InChI=1S/C14H14N2O2S2/c17-7-9-1-2-11(5-9)16-13(18)12-6-15-14(20-12)10-3-4-19-8-10/h1-4,6,8-9,11,17H,5,7H2,(H,16,18)/t9-,11+/m0/s1. The van der Waals surface area contributed by atoms with E-state index in [0.29, 0.717) is 4.88 Å². The van der Waals surface area contributed by atoms with Gasteiger partial charge in [-0.3, -0.25) is 4.79 Å². The summed E-state index contributed by atoms with van der Waals surface area (Å²) in [5, 5.41) is 16.9. The van der Waals surface area contributed by atoms with Gasteiger partial charge >= 0.3 is 0 Å². The van der Waals surface area contributed by atoms with Gasteiger partial charge in [-0.1, -0.05) is 12.2 Å². The first-order chi connectivity index (χ1) is 9.76. The zero-order valence-electron chi connectivity index (χ0n) is 10.7. The summed E-state index contributed by atoms with van der Waals surface area (Å²) in [6.45, 7) is 0.131. The Kier molecular flexibility index (Phi) is 3.95. The summed E-state index contributed by atoms with van der Waals surface area (Å²) in [6, 6.07) is 2.00. The van der Waals surface area contributed by atoms with Gasteiger partial charge < -0.3 is 10.4 Å². The third kappa shape index (κ3) is 2.82. The highest BCUT2D eigenvalue weighted by Gasteiger charge is 2.21. The van der Waals surface area contributed by atoms with Gasteiger partial charge in [0.25, 0.3) is 5.91 Å². The van der Waals surface area contributed by atoms with Crippen LogP contribution >= 0.6 is 22.7 Å². The van der Waals surface area contributed by atoms with Crippen molar-refractivity contribution < 1.29 is 9.90 Å². The Hall–Kier alpha value is -1.50. The van der Waals surface area contributed by atoms with Crippen molar-refractivity contribution in [3.05, 3.63) is 40.1 Å². The van der Waals surface area contributed by atoms with Gasteiger partial charge in [-0.25, -0.2) is 4.98 Å². The molecule has 1 amide bonds. The lowest BCUT2D eigenvalue weighted by molar-refractivity contribution is 0.0945. The smallest absolute Gasteiger partial charge is 0.263 e. The van der Waals surface area contributed by atoms with Crippen LogP contribution in [0.4, 0.5) is 0 Å². The first-order valence-electron chi connectivity index (χ1n) is 6.34. The van der Waals surface area contributed by atoms with E-state index in [0.717, 1.165) is 17.0 Å². The molecule has 4 nitrogen and oxygen atoms in total. The van der Waals surface area contributed by atoms with E-state index in [9.17, 15) is 4.79 Å². The Bertz CT molecular complexity index is 619. The quantitative estimate of drug-likeness (QED) is 0.853. The topological polar surface area (TPSA) is 62.2 Å². The van der Waals surface area contributed by atoms with Crippen molar-refractivity contribution in [1.29, 1.82) is 0 Å². The minimum Gasteiger partial charge on any atom is -0.396 e. The number of carbonyl (C=O) groups excluding carboxylic acids is 1. The lowest BCUT2D eigenvalue weighted by Crippen LogP contribution is -2.32. The summed E-state index contributed by atoms with van der Waals surface area (Å²) in [4.78, 5) is 17.1. The van der Waals surface area contributed by atoms with E-state index >= 15 is 0 Å². The molecule has 2 aromatic rings. The maximum Gasteiger partial charge on any atom is 0.263 e. The normalized spacial score (nSPS) is 21.2. The summed E-state index contributed by atoms with van der Waals surface area (Å²) in [5.41, 5.74) is 1.06. The lowest BCUT2D eigenvalue weighted by atomic mass is 10.1. The highest BCUT2D eigenvalue weighted by molar-refractivity contribution is 7.17. The lowest BCUT2D eigenvalue weighted by Gasteiger charge is -2.11. The molecule has 1 aliphatic rings. The maximum atomic E-state index is 12.1. The number of rotatable bonds is 4. The third-order valence-electron chi connectivity index (χ3n) is 3.22. The van der Waals surface area contributed by atoms with E-state index in [1.54, 1.807) is 17.5 Å². The molecule has 1 aliphatic carbocycles. The molecule has 2 N–H and O–H groups in total. The third-order valence-corrected chi connectivity index (χ3v) is 4.95. The predicted molar refractivity (Wildman–Crippen MR) is 81.0 cm³/mol. The first-order valence-corrected chi connectivity index (χ1v) is 8.10. The van der Waals surface area contributed by atoms with Crippen LogP contribution in [-0.2, 0) is 0 Å². The van der Waals surface area contributed by atoms with Gasteiger partial charge in [0.15, 0.2) is 0 Å². The number of hydrogen-bond acceptors (Lipinski definition) is 5. The number of amides is 1. The molecule has 104 valence electrons. The van der Waals surface area contributed by atoms with Crippen molar-refractivity contribution in [1.82, 2.24) is 10.3 Å². The van der Waals surface area contributed by atoms with Crippen molar-refractivity contribution in [2.45, 2.75) is 12.5 Å². The molecule has 3 rings (SSSR count). The van der Waals surface area contributed by atoms with Gasteiger partial charge in [0.2, 0.25) is 0 Å². The molecule has 0 unspecified atom stereocenters. The number of nitrogens with zero attached hydrogens (tertiary/aromatic N) is 1. The van der Waals surface area contributed by atoms with Gasteiger partial charge in [-0.05, 0) is 17.9 Å². The number of carbonyl (C=O) groups is 1. The molecular formula is C14H14N2O2S2. The minimum absolute atomic E-state index is 0.00588. The zero-order chi connectivity index (χ0) is 13.9. The van der Waals surface area contributed by atoms with E-state index in [-0.39, 0.29) is 24.5 Å². The molecule has 0 radical (unpaired) electrons. The number of aliphatic hydroxyl groups excluding tert-OH is 1. The highest BCUT2D eigenvalue weighted by atomic mass is 32.1. The Morgan fingerprint density at radius 1 is 1.50 bits per heavy atom. The zero-order valence-corrected chi connectivity index (χ0v) is 12.3. The number of thiophene rings is 1. The highest BCUT2D eigenvalue weighted by Crippen LogP contribution is 2.27. The van der Waals surface area contributed by atoms with E-state index in [2.05, 4.69) is 10.3 Å². The van der Waals surface area contributed by atoms with Gasteiger partial charge in [-0.15, -0.1) is 11.3 Å². The van der Waals surface area contributed by atoms with Crippen molar-refractivity contribution in [2.75, 3.05) is 6.61 Å². The maximum absolute atomic E-state index is 12.1. The van der Waals surface area contributed by atoms with Gasteiger partial charge in [0, 0.05) is 29.5 Å². The van der Waals surface area contributed by atoms with Crippen molar-refractivity contribution in [2.24, 2.45) is 5.92 Å². The van der Waals surface area contributed by atoms with Crippen LogP contribution in [0.5, 0.6) is 0 Å². The van der Waals surface area contributed by atoms with Crippen LogP contribution in [-0.4, -0.2) is 28.6 Å². The number of aromatic nitrogens is 1. The van der Waals surface area contributed by atoms with Crippen LogP contribution < -0.4 is 5.32 Å². The summed E-state index contributed by atoms with van der Waals surface area (Å²) in [7, 11) is 0. The molecular weight excluding hydrogens is 292 g/mol. The molecule has 0 bridgehead atoms. The molecule has 0 aromatic carbocycles. The molecule has 0 saturated heterocycles. The van der Waals surface area contributed by atoms with Crippen LogP contribution in [0, 0.1) is 5.92 Å². The molecule has 0 spiro atoms. The molecule has 0 fully saturated rings. The minimum atomic E-state index is -0.0998. The van der Waals surface area contributed by atoms with Crippen LogP contribution in [0.1, 0.15) is 16.1 Å². The van der Waals surface area contributed by atoms with E-state index in [4.69, 9.17) is 5.11 Å². The van der Waals surface area contributed by atoms with Crippen molar-refractivity contribution >= 4 is 28.6 Å². The molecule has 20 heavy (non-hydrogen) atoms. The first kappa shape index (κ1) is 13.5. The molecule has 2 aromatic heterocycles. The second-order valence-corrected chi connectivity index (χ2v) is 6.50. The van der Waals surface area contributed by atoms with Crippen LogP contribution in [0.3, 0.4) is 0 Å². The number of nitrogens with one attached hydrogen (secondary N) is 1. The monoisotopic (exact) mass is 306 g/mol. The Morgan fingerprint density at radius 3 is 3.10 bits per heavy atom. The molecule has 6 heteroatoms. The van der Waals surface area contributed by atoms with E-state index < -0.39 is 0 Å². The molecule has 0 saturated carbocycles. The van der Waals surface area contributed by atoms with E-state index in [1.807, 2.05) is 29.0 Å². The van der Waals surface area contributed by atoms with Crippen molar-refractivity contribution in [3.63, 3.8) is 0 Å². The largest absolute Gasteiger partial charge is 0.396 e. The Labute approximate surface area is 124 Å². The fourth-order valence-electron chi connectivity index (χ4n) is 2.16. The number of aliphatic hydroxyl groups is 1. The fraction of sp³-hybridized carbons (Fsp3) is 0.286. The number of thiazole rings is 1. The Balaban J connectivity index is 1.65. The molecule has 2 atom stereocenters. The molecule has 2 heterocycles. The van der Waals surface area contributed by atoms with E-state index in [1.165, 1.54) is 11.3 Å². The Morgan fingerprint density at radius 2 is 2.40 bits per heavy atom. The second-order valence-electron chi connectivity index (χ2n) is 4.68. The van der Waals surface area contributed by atoms with Crippen LogP contribution in [0.15, 0.2) is 35.2 Å². The average Bonchev–Trinajstić information content (AvgIpc) is 3.19. The predicted octanol–water partition coefficient (Wildman–Crippen LogP) is 2.54. The van der Waals surface area contributed by atoms with Crippen molar-refractivity contribution in [3.8, 4) is 10.6 Å². The summed E-state index contributed by atoms with van der Waals surface area (Å²) in [5.74, 6) is 0.0559. The fourth-order valence-corrected chi connectivity index (χ4v) is 3.69. The summed E-state index contributed by atoms with van der Waals surface area (Å²) >= 11 is 3.01. The van der Waals surface area contributed by atoms with Crippen LogP contribution in [0.25, 0.3) is 10.6 Å². The number of hydrogen-bond donors (Lipinski definition) is 2. The average molecular weight is 306 g/mol. The van der Waals surface area contributed by atoms with Gasteiger partial charge in [0.1, 0.15) is 9.88 Å².